The molecule has 0 saturated heterocycles. The summed E-state index contributed by atoms with van der Waals surface area (Å²) in [6.07, 6.45) is 1.47. The number of hydrogen-bond acceptors (Lipinski definition) is 4. The summed E-state index contributed by atoms with van der Waals surface area (Å²) in [5.74, 6) is 0.669. The second-order valence-corrected chi connectivity index (χ2v) is 4.26. The minimum absolute atomic E-state index is 0.238. The van der Waals surface area contributed by atoms with Crippen molar-refractivity contribution in [1.82, 2.24) is 15.0 Å². The molecule has 0 aromatic carbocycles. The largest absolute Gasteiger partial charge is 0.480 e. The summed E-state index contributed by atoms with van der Waals surface area (Å²) >= 11 is 17.5. The fraction of sp³-hybridized carbons (Fsp3) is 0.100. The van der Waals surface area contributed by atoms with Crippen molar-refractivity contribution in [3.63, 3.8) is 0 Å². The van der Waals surface area contributed by atoms with Crippen LogP contribution in [-0.4, -0.2) is 22.1 Å². The van der Waals surface area contributed by atoms with Crippen LogP contribution in [0.5, 0.6) is 5.88 Å². The van der Waals surface area contributed by atoms with Gasteiger partial charge in [0.05, 0.1) is 17.7 Å². The van der Waals surface area contributed by atoms with Crippen molar-refractivity contribution in [2.24, 2.45) is 0 Å². The van der Waals surface area contributed by atoms with Gasteiger partial charge in [-0.2, -0.15) is 0 Å². The molecule has 7 heteroatoms. The van der Waals surface area contributed by atoms with Crippen molar-refractivity contribution in [3.8, 4) is 17.3 Å². The molecule has 0 fully saturated rings. The molecule has 0 bridgehead atoms. The summed E-state index contributed by atoms with van der Waals surface area (Å²) < 4.78 is 5.10. The molecule has 2 aromatic rings. The van der Waals surface area contributed by atoms with Crippen LogP contribution in [0.3, 0.4) is 0 Å². The Kier molecular flexibility index (Phi) is 3.66. The van der Waals surface area contributed by atoms with E-state index in [0.717, 1.165) is 0 Å². The molecule has 0 amide bonds. The number of aromatic nitrogens is 3. The average Bonchev–Trinajstić information content (AvgIpc) is 2.27. The lowest BCUT2D eigenvalue weighted by molar-refractivity contribution is 0.399. The molecule has 88 valence electrons. The lowest BCUT2D eigenvalue weighted by atomic mass is 10.2. The molecule has 0 N–H and O–H groups in total. The number of ether oxygens (including phenoxy) is 1. The lowest BCUT2D eigenvalue weighted by Crippen LogP contribution is -1.96. The van der Waals surface area contributed by atoms with E-state index in [2.05, 4.69) is 15.0 Å². The van der Waals surface area contributed by atoms with Crippen LogP contribution in [0, 0.1) is 0 Å². The molecule has 17 heavy (non-hydrogen) atoms. The quantitative estimate of drug-likeness (QED) is 0.794. The van der Waals surface area contributed by atoms with E-state index in [4.69, 9.17) is 39.5 Å². The monoisotopic (exact) mass is 289 g/mol. The van der Waals surface area contributed by atoms with Crippen LogP contribution in [-0.2, 0) is 0 Å². The first kappa shape index (κ1) is 12.4. The van der Waals surface area contributed by atoms with Gasteiger partial charge < -0.3 is 4.74 Å². The van der Waals surface area contributed by atoms with E-state index in [1.165, 1.54) is 19.4 Å². The molecule has 0 aliphatic rings. The predicted molar refractivity (Wildman–Crippen MR) is 66.8 cm³/mol. The summed E-state index contributed by atoms with van der Waals surface area (Å²) in [7, 11) is 1.49. The third kappa shape index (κ3) is 2.77. The molecule has 0 aliphatic carbocycles. The zero-order valence-corrected chi connectivity index (χ0v) is 10.9. The molecular weight excluding hydrogens is 284 g/mol. The molecule has 0 radical (unpaired) electrons. The molecule has 0 atom stereocenters. The third-order valence-corrected chi connectivity index (χ3v) is 2.51. The van der Waals surface area contributed by atoms with Gasteiger partial charge in [0.2, 0.25) is 5.88 Å². The van der Waals surface area contributed by atoms with Gasteiger partial charge in [0.25, 0.3) is 0 Å². The van der Waals surface area contributed by atoms with Crippen molar-refractivity contribution in [1.29, 1.82) is 0 Å². The fourth-order valence-electron chi connectivity index (χ4n) is 1.26. The number of rotatable bonds is 2. The van der Waals surface area contributed by atoms with Crippen LogP contribution in [0.1, 0.15) is 0 Å². The van der Waals surface area contributed by atoms with Gasteiger partial charge in [-0.1, -0.05) is 34.8 Å². The molecule has 2 aromatic heterocycles. The van der Waals surface area contributed by atoms with Gasteiger partial charge in [0.15, 0.2) is 5.82 Å². The van der Waals surface area contributed by atoms with Gasteiger partial charge in [-0.3, -0.25) is 0 Å². The molecule has 2 heterocycles. The molecule has 0 saturated carbocycles. The lowest BCUT2D eigenvalue weighted by Gasteiger charge is -2.06. The summed E-state index contributed by atoms with van der Waals surface area (Å²) in [6, 6.07) is 3.08. The van der Waals surface area contributed by atoms with E-state index in [1.54, 1.807) is 6.07 Å². The molecule has 2 rings (SSSR count). The smallest absolute Gasteiger partial charge is 0.224 e. The normalized spacial score (nSPS) is 10.4. The summed E-state index contributed by atoms with van der Waals surface area (Å²) in [5.41, 5.74) is 0.532. The second kappa shape index (κ2) is 5.04. The highest BCUT2D eigenvalue weighted by Crippen LogP contribution is 2.29. The van der Waals surface area contributed by atoms with Crippen LogP contribution in [0.2, 0.25) is 15.3 Å². The van der Waals surface area contributed by atoms with Crippen molar-refractivity contribution >= 4 is 34.8 Å². The fourth-order valence-corrected chi connectivity index (χ4v) is 1.84. The molecule has 0 aliphatic heterocycles. The summed E-state index contributed by atoms with van der Waals surface area (Å²) in [5, 5.41) is 0.921. The predicted octanol–water partition coefficient (Wildman–Crippen LogP) is 3.51. The van der Waals surface area contributed by atoms with Crippen LogP contribution >= 0.6 is 34.8 Å². The molecule has 0 spiro atoms. The highest BCUT2D eigenvalue weighted by molar-refractivity contribution is 6.33. The Morgan fingerprint density at radius 2 is 1.71 bits per heavy atom. The van der Waals surface area contributed by atoms with E-state index >= 15 is 0 Å². The average molecular weight is 291 g/mol. The van der Waals surface area contributed by atoms with Gasteiger partial charge in [0, 0.05) is 12.3 Å². The van der Waals surface area contributed by atoms with E-state index in [1.807, 2.05) is 0 Å². The van der Waals surface area contributed by atoms with Gasteiger partial charge in [-0.15, -0.1) is 0 Å². The Morgan fingerprint density at radius 1 is 1.06 bits per heavy atom. The Hall–Kier alpha value is -1.10. The highest BCUT2D eigenvalue weighted by atomic mass is 35.5. The van der Waals surface area contributed by atoms with Gasteiger partial charge in [-0.05, 0) is 6.07 Å². The molecule has 0 unspecified atom stereocenters. The van der Waals surface area contributed by atoms with Crippen LogP contribution in [0.15, 0.2) is 18.3 Å². The minimum atomic E-state index is 0.238. The third-order valence-electron chi connectivity index (χ3n) is 1.92. The number of pyridine rings is 1. The number of halogens is 3. The van der Waals surface area contributed by atoms with Gasteiger partial charge in [-0.25, -0.2) is 15.0 Å². The standard InChI is InChI=1S/C10H6Cl3N3O/c1-17-10-6(2-5(11)4-14-10)9-15-7(12)3-8(13)16-9/h2-4H,1H3. The van der Waals surface area contributed by atoms with E-state index in [-0.39, 0.29) is 10.3 Å². The molecular formula is C10H6Cl3N3O. The SMILES string of the molecule is COc1ncc(Cl)cc1-c1nc(Cl)cc(Cl)n1. The maximum atomic E-state index is 5.86. The summed E-state index contributed by atoms with van der Waals surface area (Å²) in [6.45, 7) is 0. The van der Waals surface area contributed by atoms with Crippen molar-refractivity contribution in [2.75, 3.05) is 7.11 Å². The van der Waals surface area contributed by atoms with Gasteiger partial charge in [0.1, 0.15) is 10.3 Å². The number of hydrogen-bond donors (Lipinski definition) is 0. The first-order valence-corrected chi connectivity index (χ1v) is 5.63. The van der Waals surface area contributed by atoms with E-state index in [0.29, 0.717) is 22.3 Å². The maximum absolute atomic E-state index is 5.86. The van der Waals surface area contributed by atoms with E-state index in [9.17, 15) is 0 Å². The van der Waals surface area contributed by atoms with Crippen molar-refractivity contribution in [3.05, 3.63) is 33.7 Å². The van der Waals surface area contributed by atoms with Crippen LogP contribution in [0.4, 0.5) is 0 Å². The number of nitrogens with zero attached hydrogens (tertiary/aromatic N) is 3. The highest BCUT2D eigenvalue weighted by Gasteiger charge is 2.12. The maximum Gasteiger partial charge on any atom is 0.224 e. The van der Waals surface area contributed by atoms with Crippen molar-refractivity contribution in [2.45, 2.75) is 0 Å². The first-order chi connectivity index (χ1) is 8.10. The Morgan fingerprint density at radius 3 is 2.29 bits per heavy atom. The van der Waals surface area contributed by atoms with Crippen LogP contribution < -0.4 is 4.74 Å². The van der Waals surface area contributed by atoms with Crippen LogP contribution in [0.25, 0.3) is 11.4 Å². The topological polar surface area (TPSA) is 47.9 Å². The summed E-state index contributed by atoms with van der Waals surface area (Å²) in [4.78, 5) is 12.1. The molecule has 4 nitrogen and oxygen atoms in total. The second-order valence-electron chi connectivity index (χ2n) is 3.05. The Balaban J connectivity index is 2.62. The first-order valence-electron chi connectivity index (χ1n) is 4.50. The van der Waals surface area contributed by atoms with Gasteiger partial charge >= 0.3 is 0 Å². The number of methoxy groups -OCH3 is 1. The Bertz CT molecular complexity index is 542. The van der Waals surface area contributed by atoms with Crippen molar-refractivity contribution < 1.29 is 4.74 Å². The Labute approximate surface area is 113 Å². The zero-order valence-electron chi connectivity index (χ0n) is 8.62. The van der Waals surface area contributed by atoms with E-state index < -0.39 is 0 Å². The zero-order chi connectivity index (χ0) is 12.4. The minimum Gasteiger partial charge on any atom is -0.480 e.